The number of methoxy groups -OCH3 is 1. The van der Waals surface area contributed by atoms with Gasteiger partial charge in [0.15, 0.2) is 0 Å². The average Bonchev–Trinajstić information content (AvgIpc) is 3.23. The van der Waals surface area contributed by atoms with Gasteiger partial charge in [-0.2, -0.15) is 5.10 Å². The summed E-state index contributed by atoms with van der Waals surface area (Å²) in [4.78, 5) is 13.0. The van der Waals surface area contributed by atoms with Gasteiger partial charge in [-0.1, -0.05) is 24.3 Å². The highest BCUT2D eigenvalue weighted by Gasteiger charge is 2.07. The third-order valence-corrected chi connectivity index (χ3v) is 5.24. The van der Waals surface area contributed by atoms with Gasteiger partial charge in [0.25, 0.3) is 5.56 Å². The number of rotatable bonds is 4. The summed E-state index contributed by atoms with van der Waals surface area (Å²) in [7, 11) is 1.64. The molecular formula is C24H19N3O2. The van der Waals surface area contributed by atoms with Crippen LogP contribution in [0.2, 0.25) is 0 Å². The molecule has 0 bridgehead atoms. The van der Waals surface area contributed by atoms with Crippen LogP contribution in [0, 0.1) is 0 Å². The van der Waals surface area contributed by atoms with E-state index < -0.39 is 0 Å². The molecule has 0 atom stereocenters. The SMILES string of the molecule is COc1cccc(Cn2ccc3cc(-c4ccc5[nH]ncc5c4)ccc3c2=O)c1. The number of fused-ring (bicyclic) bond motifs is 2. The molecule has 0 aliphatic rings. The molecule has 2 aromatic heterocycles. The second-order valence-corrected chi connectivity index (χ2v) is 7.07. The molecule has 1 N–H and O–H groups in total. The number of nitrogens with zero attached hydrogens (tertiary/aromatic N) is 2. The van der Waals surface area contributed by atoms with Gasteiger partial charge in [-0.15, -0.1) is 0 Å². The molecule has 0 saturated carbocycles. The third kappa shape index (κ3) is 3.17. The van der Waals surface area contributed by atoms with Crippen LogP contribution in [0.15, 0.2) is 83.9 Å². The van der Waals surface area contributed by atoms with Crippen molar-refractivity contribution in [3.63, 3.8) is 0 Å². The fourth-order valence-electron chi connectivity index (χ4n) is 3.68. The Morgan fingerprint density at radius 3 is 2.66 bits per heavy atom. The lowest BCUT2D eigenvalue weighted by molar-refractivity contribution is 0.414. The summed E-state index contributed by atoms with van der Waals surface area (Å²) < 4.78 is 7.01. The maximum atomic E-state index is 13.0. The van der Waals surface area contributed by atoms with Crippen LogP contribution < -0.4 is 10.3 Å². The molecule has 0 fully saturated rings. The smallest absolute Gasteiger partial charge is 0.258 e. The number of aromatic amines is 1. The summed E-state index contributed by atoms with van der Waals surface area (Å²) in [5.41, 5.74) is 4.21. The zero-order valence-corrected chi connectivity index (χ0v) is 15.9. The van der Waals surface area contributed by atoms with E-state index >= 15 is 0 Å². The van der Waals surface area contributed by atoms with E-state index in [-0.39, 0.29) is 5.56 Å². The van der Waals surface area contributed by atoms with Gasteiger partial charge in [-0.25, -0.2) is 0 Å². The molecule has 5 rings (SSSR count). The van der Waals surface area contributed by atoms with Crippen LogP contribution in [0.4, 0.5) is 0 Å². The van der Waals surface area contributed by atoms with Gasteiger partial charge in [0.05, 0.1) is 25.4 Å². The highest BCUT2D eigenvalue weighted by molar-refractivity contribution is 5.89. The molecule has 0 saturated heterocycles. The first-order chi connectivity index (χ1) is 14.2. The Morgan fingerprint density at radius 2 is 1.79 bits per heavy atom. The normalized spacial score (nSPS) is 11.2. The molecule has 0 aliphatic heterocycles. The predicted molar refractivity (Wildman–Crippen MR) is 115 cm³/mol. The van der Waals surface area contributed by atoms with Crippen LogP contribution in [-0.4, -0.2) is 21.9 Å². The lowest BCUT2D eigenvalue weighted by atomic mass is 10.0. The molecule has 29 heavy (non-hydrogen) atoms. The lowest BCUT2D eigenvalue weighted by Gasteiger charge is -2.10. The van der Waals surface area contributed by atoms with E-state index in [0.717, 1.165) is 38.7 Å². The van der Waals surface area contributed by atoms with Crippen molar-refractivity contribution in [2.45, 2.75) is 6.54 Å². The Bertz CT molecular complexity index is 1400. The molecule has 0 aliphatic carbocycles. The number of pyridine rings is 1. The van der Waals surface area contributed by atoms with Crippen molar-refractivity contribution in [2.75, 3.05) is 7.11 Å². The minimum absolute atomic E-state index is 0.00200. The summed E-state index contributed by atoms with van der Waals surface area (Å²) in [6.45, 7) is 0.505. The van der Waals surface area contributed by atoms with Crippen molar-refractivity contribution in [3.8, 4) is 16.9 Å². The van der Waals surface area contributed by atoms with Crippen LogP contribution in [0.5, 0.6) is 5.75 Å². The van der Waals surface area contributed by atoms with Gasteiger partial charge in [0, 0.05) is 17.0 Å². The predicted octanol–water partition coefficient (Wildman–Crippen LogP) is 4.60. The molecule has 0 spiro atoms. The van der Waals surface area contributed by atoms with Gasteiger partial charge >= 0.3 is 0 Å². The second kappa shape index (κ2) is 6.95. The highest BCUT2D eigenvalue weighted by Crippen LogP contribution is 2.26. The largest absolute Gasteiger partial charge is 0.497 e. The van der Waals surface area contributed by atoms with E-state index in [0.29, 0.717) is 11.9 Å². The monoisotopic (exact) mass is 381 g/mol. The summed E-state index contributed by atoms with van der Waals surface area (Å²) >= 11 is 0. The van der Waals surface area contributed by atoms with Crippen molar-refractivity contribution in [1.29, 1.82) is 0 Å². The van der Waals surface area contributed by atoms with Gasteiger partial charge in [-0.3, -0.25) is 9.89 Å². The van der Waals surface area contributed by atoms with E-state index in [1.165, 1.54) is 0 Å². The molecule has 3 aromatic carbocycles. The van der Waals surface area contributed by atoms with Crippen LogP contribution in [0.1, 0.15) is 5.56 Å². The fourth-order valence-corrected chi connectivity index (χ4v) is 3.68. The lowest BCUT2D eigenvalue weighted by Crippen LogP contribution is -2.20. The van der Waals surface area contributed by atoms with E-state index in [4.69, 9.17) is 4.74 Å². The first-order valence-corrected chi connectivity index (χ1v) is 9.41. The number of hydrogen-bond acceptors (Lipinski definition) is 3. The van der Waals surface area contributed by atoms with Gasteiger partial charge in [0.2, 0.25) is 0 Å². The zero-order valence-electron chi connectivity index (χ0n) is 15.9. The minimum atomic E-state index is 0.00200. The number of nitrogens with one attached hydrogen (secondary N) is 1. The van der Waals surface area contributed by atoms with Crippen LogP contribution in [-0.2, 0) is 6.54 Å². The van der Waals surface area contributed by atoms with E-state index in [1.807, 2.05) is 60.9 Å². The van der Waals surface area contributed by atoms with Crippen molar-refractivity contribution >= 4 is 21.7 Å². The van der Waals surface area contributed by atoms with Crippen LogP contribution >= 0.6 is 0 Å². The molecule has 5 aromatic rings. The van der Waals surface area contributed by atoms with Gasteiger partial charge in [0.1, 0.15) is 5.75 Å². The molecule has 0 amide bonds. The third-order valence-electron chi connectivity index (χ3n) is 5.24. The maximum Gasteiger partial charge on any atom is 0.258 e. The first-order valence-electron chi connectivity index (χ1n) is 9.41. The summed E-state index contributed by atoms with van der Waals surface area (Å²) in [5.74, 6) is 0.788. The zero-order chi connectivity index (χ0) is 19.8. The van der Waals surface area contributed by atoms with Crippen LogP contribution in [0.25, 0.3) is 32.8 Å². The Hall–Kier alpha value is -3.86. The first kappa shape index (κ1) is 17.3. The number of ether oxygens (including phenoxy) is 1. The topological polar surface area (TPSA) is 59.9 Å². The number of hydrogen-bond donors (Lipinski definition) is 1. The molecule has 2 heterocycles. The van der Waals surface area contributed by atoms with E-state index in [1.54, 1.807) is 11.7 Å². The Labute approximate surface area is 167 Å². The van der Waals surface area contributed by atoms with Gasteiger partial charge in [-0.05, 0) is 64.5 Å². The molecule has 142 valence electrons. The summed E-state index contributed by atoms with van der Waals surface area (Å²) in [5, 5.41) is 9.75. The fraction of sp³-hybridized carbons (Fsp3) is 0.0833. The standard InChI is InChI=1S/C24H19N3O2/c1-29-21-4-2-3-16(11-21)15-27-10-9-19-12-17(5-7-22(19)24(27)28)18-6-8-23-20(13-18)14-25-26-23/h2-14H,15H2,1H3,(H,25,26). The molecular weight excluding hydrogens is 362 g/mol. The van der Waals surface area contributed by atoms with E-state index in [2.05, 4.69) is 28.4 Å². The number of aromatic nitrogens is 3. The van der Waals surface area contributed by atoms with E-state index in [9.17, 15) is 4.79 Å². The second-order valence-electron chi connectivity index (χ2n) is 7.07. The van der Waals surface area contributed by atoms with Crippen molar-refractivity contribution in [3.05, 3.63) is 95.0 Å². The maximum absolute atomic E-state index is 13.0. The highest BCUT2D eigenvalue weighted by atomic mass is 16.5. The minimum Gasteiger partial charge on any atom is -0.497 e. The molecule has 5 heteroatoms. The van der Waals surface area contributed by atoms with Crippen LogP contribution in [0.3, 0.4) is 0 Å². The number of H-pyrrole nitrogens is 1. The average molecular weight is 381 g/mol. The van der Waals surface area contributed by atoms with Gasteiger partial charge < -0.3 is 9.30 Å². The Kier molecular flexibility index (Phi) is 4.13. The number of benzene rings is 3. The van der Waals surface area contributed by atoms with Crippen molar-refractivity contribution < 1.29 is 4.74 Å². The quantitative estimate of drug-likeness (QED) is 0.495. The molecule has 0 unspecified atom stereocenters. The van der Waals surface area contributed by atoms with Crippen molar-refractivity contribution in [1.82, 2.24) is 14.8 Å². The molecule has 5 nitrogen and oxygen atoms in total. The Balaban J connectivity index is 1.52. The molecule has 0 radical (unpaired) electrons. The van der Waals surface area contributed by atoms with Crippen molar-refractivity contribution in [2.24, 2.45) is 0 Å². The summed E-state index contributed by atoms with van der Waals surface area (Å²) in [6.07, 6.45) is 3.67. The summed E-state index contributed by atoms with van der Waals surface area (Å²) in [6, 6.07) is 21.9. The Morgan fingerprint density at radius 1 is 0.966 bits per heavy atom.